The number of hydrogen-bond donors (Lipinski definition) is 1. The molecular weight excluding hydrogens is 308 g/mol. The number of piperidine rings is 1. The Morgan fingerprint density at radius 3 is 2.89 bits per heavy atom. The van der Waals surface area contributed by atoms with E-state index in [1.807, 2.05) is 0 Å². The molecule has 1 fully saturated rings. The molecule has 0 saturated carbocycles. The molecule has 1 aromatic heterocycles. The molecule has 0 amide bonds. The Bertz CT molecular complexity index is 542. The van der Waals surface area contributed by atoms with Crippen LogP contribution in [-0.4, -0.2) is 42.5 Å². The Morgan fingerprint density at radius 2 is 2.32 bits per heavy atom. The van der Waals surface area contributed by atoms with Crippen molar-refractivity contribution < 1.29 is 13.5 Å². The fourth-order valence-corrected chi connectivity index (χ4v) is 5.80. The van der Waals surface area contributed by atoms with Crippen LogP contribution in [-0.2, 0) is 10.0 Å². The fraction of sp³-hybridized carbons (Fsp3) is 0.727. The third-order valence-corrected chi connectivity index (χ3v) is 7.04. The highest BCUT2D eigenvalue weighted by Gasteiger charge is 2.32. The summed E-state index contributed by atoms with van der Waals surface area (Å²) in [6, 6.07) is 0. The molecule has 2 rings (SSSR count). The molecule has 0 aromatic carbocycles. The first-order valence-electron chi connectivity index (χ1n) is 6.19. The zero-order valence-corrected chi connectivity index (χ0v) is 13.1. The minimum atomic E-state index is -3.50. The molecule has 1 aliphatic rings. The zero-order valence-electron chi connectivity index (χ0n) is 10.7. The molecule has 2 heterocycles. The Hall–Kier alpha value is -0.210. The van der Waals surface area contributed by atoms with E-state index < -0.39 is 10.0 Å². The van der Waals surface area contributed by atoms with Gasteiger partial charge in [-0.05, 0) is 32.1 Å². The first-order valence-corrected chi connectivity index (χ1v) is 8.82. The first-order chi connectivity index (χ1) is 8.95. The zero-order chi connectivity index (χ0) is 14.0. The van der Waals surface area contributed by atoms with E-state index in [4.69, 9.17) is 16.7 Å². The summed E-state index contributed by atoms with van der Waals surface area (Å²) in [5.74, 6) is 0.234. The van der Waals surface area contributed by atoms with Gasteiger partial charge in [0, 0.05) is 19.7 Å². The van der Waals surface area contributed by atoms with Crippen LogP contribution in [0.2, 0.25) is 4.47 Å². The van der Waals surface area contributed by atoms with Gasteiger partial charge in [-0.1, -0.05) is 22.9 Å². The van der Waals surface area contributed by atoms with Gasteiger partial charge in [-0.2, -0.15) is 4.31 Å². The van der Waals surface area contributed by atoms with E-state index in [1.54, 1.807) is 6.92 Å². The van der Waals surface area contributed by atoms with Gasteiger partial charge in [0.2, 0.25) is 0 Å². The predicted octanol–water partition coefficient (Wildman–Crippen LogP) is 1.89. The van der Waals surface area contributed by atoms with Crippen LogP contribution in [0.1, 0.15) is 25.0 Å². The number of halogens is 1. The van der Waals surface area contributed by atoms with Gasteiger partial charge in [0.05, 0.1) is 5.69 Å². The van der Waals surface area contributed by atoms with Crippen molar-refractivity contribution >= 4 is 33.0 Å². The Morgan fingerprint density at radius 1 is 1.58 bits per heavy atom. The highest BCUT2D eigenvalue weighted by molar-refractivity contribution is 7.91. The Labute approximate surface area is 122 Å². The van der Waals surface area contributed by atoms with Crippen molar-refractivity contribution in [3.05, 3.63) is 10.2 Å². The largest absolute Gasteiger partial charge is 0.396 e. The molecule has 1 aromatic rings. The summed E-state index contributed by atoms with van der Waals surface area (Å²) in [4.78, 5) is 3.97. The van der Waals surface area contributed by atoms with Crippen molar-refractivity contribution in [1.82, 2.24) is 9.29 Å². The maximum absolute atomic E-state index is 12.5. The Kier molecular flexibility index (Phi) is 4.84. The number of aromatic nitrogens is 1. The molecule has 0 bridgehead atoms. The molecule has 5 nitrogen and oxygen atoms in total. The minimum absolute atomic E-state index is 0.101. The van der Waals surface area contributed by atoms with Gasteiger partial charge >= 0.3 is 0 Å². The van der Waals surface area contributed by atoms with Gasteiger partial charge in [0.25, 0.3) is 10.0 Å². The minimum Gasteiger partial charge on any atom is -0.396 e. The van der Waals surface area contributed by atoms with Crippen LogP contribution in [0.4, 0.5) is 0 Å². The molecule has 1 saturated heterocycles. The van der Waals surface area contributed by atoms with E-state index in [-0.39, 0.29) is 21.2 Å². The van der Waals surface area contributed by atoms with E-state index in [1.165, 1.54) is 4.31 Å². The molecule has 1 aliphatic heterocycles. The quantitative estimate of drug-likeness (QED) is 0.918. The lowest BCUT2D eigenvalue weighted by atomic mass is 9.97. The molecule has 1 N–H and O–H groups in total. The number of sulfonamides is 1. The lowest BCUT2D eigenvalue weighted by Crippen LogP contribution is -2.40. The summed E-state index contributed by atoms with van der Waals surface area (Å²) in [5.41, 5.74) is 0.458. The number of aliphatic hydroxyl groups excluding tert-OH is 1. The summed E-state index contributed by atoms with van der Waals surface area (Å²) in [7, 11) is -3.50. The second-order valence-corrected chi connectivity index (χ2v) is 8.44. The van der Waals surface area contributed by atoms with Gasteiger partial charge in [-0.3, -0.25) is 0 Å². The van der Waals surface area contributed by atoms with Gasteiger partial charge in [0.15, 0.2) is 8.68 Å². The second-order valence-electron chi connectivity index (χ2n) is 4.72. The van der Waals surface area contributed by atoms with Crippen LogP contribution in [0.15, 0.2) is 4.21 Å². The average Bonchev–Trinajstić information content (AvgIpc) is 2.70. The lowest BCUT2D eigenvalue weighted by molar-refractivity contribution is 0.203. The van der Waals surface area contributed by atoms with Crippen LogP contribution < -0.4 is 0 Å². The highest BCUT2D eigenvalue weighted by Crippen LogP contribution is 2.32. The van der Waals surface area contributed by atoms with Crippen LogP contribution >= 0.6 is 22.9 Å². The number of aliphatic hydroxyl groups is 1. The third-order valence-electron chi connectivity index (χ3n) is 3.32. The second kappa shape index (κ2) is 6.05. The van der Waals surface area contributed by atoms with E-state index in [0.29, 0.717) is 25.2 Å². The molecule has 108 valence electrons. The van der Waals surface area contributed by atoms with Gasteiger partial charge in [-0.25, -0.2) is 13.4 Å². The predicted molar refractivity (Wildman–Crippen MR) is 75.0 cm³/mol. The SMILES string of the molecule is Cc1nc(Cl)sc1S(=O)(=O)N1CCCC(CCO)C1. The Balaban J connectivity index is 2.22. The first kappa shape index (κ1) is 15.2. The molecule has 1 unspecified atom stereocenters. The van der Waals surface area contributed by atoms with Crippen molar-refractivity contribution in [3.63, 3.8) is 0 Å². The van der Waals surface area contributed by atoms with Crippen LogP contribution in [0.25, 0.3) is 0 Å². The van der Waals surface area contributed by atoms with Gasteiger partial charge in [0.1, 0.15) is 0 Å². The monoisotopic (exact) mass is 324 g/mol. The van der Waals surface area contributed by atoms with Crippen molar-refractivity contribution in [2.45, 2.75) is 30.4 Å². The molecule has 8 heteroatoms. The smallest absolute Gasteiger partial charge is 0.254 e. The molecular formula is C11H17ClN2O3S2. The maximum Gasteiger partial charge on any atom is 0.254 e. The van der Waals surface area contributed by atoms with Gasteiger partial charge in [-0.15, -0.1) is 0 Å². The summed E-state index contributed by atoms with van der Waals surface area (Å²) in [5, 5.41) is 8.98. The number of nitrogens with zero attached hydrogens (tertiary/aromatic N) is 2. The van der Waals surface area contributed by atoms with Crippen molar-refractivity contribution in [1.29, 1.82) is 0 Å². The molecule has 0 radical (unpaired) electrons. The number of hydrogen-bond acceptors (Lipinski definition) is 5. The maximum atomic E-state index is 12.5. The number of rotatable bonds is 4. The topological polar surface area (TPSA) is 70.5 Å². The average molecular weight is 325 g/mol. The van der Waals surface area contributed by atoms with Crippen molar-refractivity contribution in [3.8, 4) is 0 Å². The number of aryl methyl sites for hydroxylation is 1. The van der Waals surface area contributed by atoms with E-state index in [9.17, 15) is 8.42 Å². The molecule has 19 heavy (non-hydrogen) atoms. The van der Waals surface area contributed by atoms with Gasteiger partial charge < -0.3 is 5.11 Å². The lowest BCUT2D eigenvalue weighted by Gasteiger charge is -2.31. The summed E-state index contributed by atoms with van der Waals surface area (Å²) < 4.78 is 27.1. The van der Waals surface area contributed by atoms with Crippen molar-refractivity contribution in [2.24, 2.45) is 5.92 Å². The molecule has 1 atom stereocenters. The highest BCUT2D eigenvalue weighted by atomic mass is 35.5. The summed E-state index contributed by atoms with van der Waals surface area (Å²) in [6.07, 6.45) is 2.44. The fourth-order valence-electron chi connectivity index (χ4n) is 2.37. The van der Waals surface area contributed by atoms with E-state index in [0.717, 1.165) is 24.2 Å². The van der Waals surface area contributed by atoms with E-state index >= 15 is 0 Å². The van der Waals surface area contributed by atoms with E-state index in [2.05, 4.69) is 4.98 Å². The van der Waals surface area contributed by atoms with Crippen molar-refractivity contribution in [2.75, 3.05) is 19.7 Å². The molecule has 0 spiro atoms. The van der Waals surface area contributed by atoms with Crippen LogP contribution in [0.3, 0.4) is 0 Å². The molecule has 0 aliphatic carbocycles. The van der Waals surface area contributed by atoms with Crippen LogP contribution in [0, 0.1) is 12.8 Å². The normalized spacial score (nSPS) is 21.7. The standard InChI is InChI=1S/C11H17ClN2O3S2/c1-8-10(18-11(12)13-8)19(16,17)14-5-2-3-9(7-14)4-6-15/h9,15H,2-7H2,1H3. The number of thiazole rings is 1. The summed E-state index contributed by atoms with van der Waals surface area (Å²) >= 11 is 6.79. The van der Waals surface area contributed by atoms with Crippen LogP contribution in [0.5, 0.6) is 0 Å². The third kappa shape index (κ3) is 3.28. The summed E-state index contributed by atoms with van der Waals surface area (Å²) in [6.45, 7) is 2.76.